The monoisotopic (exact) mass is 507 g/mol. The molecular formula is C30H31Cl2NO2. The number of Topliss-reactive ketones (excluding diaryl/α,β-unsaturated/α-hetero) is 1. The van der Waals surface area contributed by atoms with Gasteiger partial charge in [-0.25, -0.2) is 0 Å². The summed E-state index contributed by atoms with van der Waals surface area (Å²) in [5, 5.41) is 4.69. The Hall–Kier alpha value is -2.62. The van der Waals surface area contributed by atoms with E-state index in [0.717, 1.165) is 48.8 Å². The number of ketones is 1. The lowest BCUT2D eigenvalue weighted by Crippen LogP contribution is -2.42. The first-order valence-electron chi connectivity index (χ1n) is 12.3. The molecule has 4 rings (SSSR count). The normalized spacial score (nSPS) is 19.5. The molecule has 1 aliphatic rings. The molecule has 2 atom stereocenters. The molecule has 2 unspecified atom stereocenters. The summed E-state index contributed by atoms with van der Waals surface area (Å²) < 4.78 is 0. The van der Waals surface area contributed by atoms with Crippen molar-refractivity contribution in [1.82, 2.24) is 5.32 Å². The van der Waals surface area contributed by atoms with Gasteiger partial charge in [-0.05, 0) is 74.4 Å². The minimum absolute atomic E-state index is 0.00518. The van der Waals surface area contributed by atoms with E-state index in [1.165, 1.54) is 0 Å². The molecule has 182 valence electrons. The molecule has 1 N–H and O–H groups in total. The van der Waals surface area contributed by atoms with Crippen LogP contribution in [0.15, 0.2) is 78.9 Å². The number of carbonyl (C=O) groups is 2. The highest BCUT2D eigenvalue weighted by Crippen LogP contribution is 2.32. The van der Waals surface area contributed by atoms with Crippen LogP contribution in [0.2, 0.25) is 10.0 Å². The maximum absolute atomic E-state index is 13.2. The van der Waals surface area contributed by atoms with Crippen molar-refractivity contribution in [3.8, 4) is 0 Å². The second-order valence-electron chi connectivity index (χ2n) is 9.56. The lowest BCUT2D eigenvalue weighted by atomic mass is 9.78. The molecule has 0 aromatic heterocycles. The van der Waals surface area contributed by atoms with Crippen molar-refractivity contribution in [3.05, 3.63) is 106 Å². The van der Waals surface area contributed by atoms with E-state index in [9.17, 15) is 9.59 Å². The fraction of sp³-hybridized carbons (Fsp3) is 0.333. The fourth-order valence-electron chi connectivity index (χ4n) is 5.07. The van der Waals surface area contributed by atoms with Crippen molar-refractivity contribution >= 4 is 34.9 Å². The van der Waals surface area contributed by atoms with Gasteiger partial charge in [0.05, 0.1) is 0 Å². The van der Waals surface area contributed by atoms with Gasteiger partial charge in [-0.1, -0.05) is 77.8 Å². The molecule has 0 saturated heterocycles. The topological polar surface area (TPSA) is 46.2 Å². The number of nitrogens with one attached hydrogen (secondary N) is 1. The average Bonchev–Trinajstić information content (AvgIpc) is 2.89. The highest BCUT2D eigenvalue weighted by Gasteiger charge is 2.32. The van der Waals surface area contributed by atoms with Gasteiger partial charge in [0.1, 0.15) is 0 Å². The van der Waals surface area contributed by atoms with Gasteiger partial charge in [-0.15, -0.1) is 0 Å². The summed E-state index contributed by atoms with van der Waals surface area (Å²) in [6.07, 6.45) is 3.77. The zero-order chi connectivity index (χ0) is 24.8. The number of hydrogen-bond acceptors (Lipinski definition) is 2. The van der Waals surface area contributed by atoms with E-state index in [-0.39, 0.29) is 35.5 Å². The lowest BCUT2D eigenvalue weighted by Gasteiger charge is -2.30. The Morgan fingerprint density at radius 3 is 1.94 bits per heavy atom. The Balaban J connectivity index is 1.39. The molecule has 1 fully saturated rings. The van der Waals surface area contributed by atoms with Gasteiger partial charge in [0, 0.05) is 39.4 Å². The molecule has 0 aliphatic heterocycles. The molecular weight excluding hydrogens is 477 g/mol. The summed E-state index contributed by atoms with van der Waals surface area (Å²) in [6, 6.07) is 25.1. The van der Waals surface area contributed by atoms with E-state index < -0.39 is 0 Å². The maximum Gasteiger partial charge on any atom is 0.223 e. The van der Waals surface area contributed by atoms with Crippen molar-refractivity contribution < 1.29 is 9.59 Å². The van der Waals surface area contributed by atoms with Crippen LogP contribution >= 0.6 is 23.2 Å². The van der Waals surface area contributed by atoms with Crippen LogP contribution in [0.5, 0.6) is 0 Å². The molecule has 5 heteroatoms. The second kappa shape index (κ2) is 11.9. The number of hydrogen-bond donors (Lipinski definition) is 1. The SMILES string of the molecule is CC(NC(=O)[C@H]1CC[C@H](C(=O)c2ccccc2)CC1)C(Cc1ccc(Cl)cc1)c1ccc(Cl)cc1. The van der Waals surface area contributed by atoms with Crippen LogP contribution in [0.1, 0.15) is 60.0 Å². The first kappa shape index (κ1) is 25.5. The number of carbonyl (C=O) groups excluding carboxylic acids is 2. The third-order valence-electron chi connectivity index (χ3n) is 7.17. The molecule has 1 amide bonds. The van der Waals surface area contributed by atoms with E-state index >= 15 is 0 Å². The number of halogens is 2. The summed E-state index contributed by atoms with van der Waals surface area (Å²) in [5.41, 5.74) is 3.06. The van der Waals surface area contributed by atoms with Crippen molar-refractivity contribution in [3.63, 3.8) is 0 Å². The Morgan fingerprint density at radius 1 is 0.800 bits per heavy atom. The minimum atomic E-state index is -0.0666. The van der Waals surface area contributed by atoms with Gasteiger partial charge >= 0.3 is 0 Å². The van der Waals surface area contributed by atoms with Gasteiger partial charge in [-0.3, -0.25) is 9.59 Å². The predicted molar refractivity (Wildman–Crippen MR) is 143 cm³/mol. The molecule has 3 nitrogen and oxygen atoms in total. The Kier molecular flexibility index (Phi) is 8.64. The molecule has 3 aromatic carbocycles. The number of rotatable bonds is 8. The molecule has 35 heavy (non-hydrogen) atoms. The molecule has 0 bridgehead atoms. The van der Waals surface area contributed by atoms with Crippen LogP contribution in [0.4, 0.5) is 0 Å². The van der Waals surface area contributed by atoms with Gasteiger partial charge in [0.2, 0.25) is 5.91 Å². The summed E-state index contributed by atoms with van der Waals surface area (Å²) in [7, 11) is 0. The van der Waals surface area contributed by atoms with Crippen LogP contribution < -0.4 is 5.32 Å². The minimum Gasteiger partial charge on any atom is -0.353 e. The summed E-state index contributed by atoms with van der Waals surface area (Å²) in [5.74, 6) is 0.319. The Bertz CT molecular complexity index is 1120. The van der Waals surface area contributed by atoms with Gasteiger partial charge in [0.25, 0.3) is 0 Å². The largest absolute Gasteiger partial charge is 0.353 e. The summed E-state index contributed by atoms with van der Waals surface area (Å²) in [6.45, 7) is 2.07. The van der Waals surface area contributed by atoms with E-state index in [2.05, 4.69) is 12.2 Å². The fourth-order valence-corrected chi connectivity index (χ4v) is 5.32. The van der Waals surface area contributed by atoms with Crippen LogP contribution in [-0.2, 0) is 11.2 Å². The smallest absolute Gasteiger partial charge is 0.223 e. The first-order chi connectivity index (χ1) is 16.9. The first-order valence-corrected chi connectivity index (χ1v) is 13.1. The van der Waals surface area contributed by atoms with E-state index in [0.29, 0.717) is 10.0 Å². The van der Waals surface area contributed by atoms with Gasteiger partial charge < -0.3 is 5.32 Å². The average molecular weight is 508 g/mol. The van der Waals surface area contributed by atoms with E-state index in [4.69, 9.17) is 23.2 Å². The lowest BCUT2D eigenvalue weighted by molar-refractivity contribution is -0.126. The van der Waals surface area contributed by atoms with Crippen molar-refractivity contribution in [2.24, 2.45) is 11.8 Å². The number of amides is 1. The molecule has 3 aromatic rings. The van der Waals surface area contributed by atoms with Gasteiger partial charge in [0.15, 0.2) is 5.78 Å². The molecule has 0 spiro atoms. The van der Waals surface area contributed by atoms with Crippen LogP contribution in [0.3, 0.4) is 0 Å². The summed E-state index contributed by atoms with van der Waals surface area (Å²) in [4.78, 5) is 26.0. The Labute approximate surface area is 217 Å². The number of benzene rings is 3. The van der Waals surface area contributed by atoms with Crippen molar-refractivity contribution in [2.75, 3.05) is 0 Å². The van der Waals surface area contributed by atoms with Crippen LogP contribution in [0.25, 0.3) is 0 Å². The highest BCUT2D eigenvalue weighted by molar-refractivity contribution is 6.30. The van der Waals surface area contributed by atoms with E-state index in [1.807, 2.05) is 78.9 Å². The zero-order valence-corrected chi connectivity index (χ0v) is 21.4. The molecule has 1 aliphatic carbocycles. The molecule has 1 saturated carbocycles. The van der Waals surface area contributed by atoms with Crippen molar-refractivity contribution in [1.29, 1.82) is 0 Å². The van der Waals surface area contributed by atoms with Gasteiger partial charge in [-0.2, -0.15) is 0 Å². The second-order valence-corrected chi connectivity index (χ2v) is 10.4. The van der Waals surface area contributed by atoms with Crippen LogP contribution in [0, 0.1) is 11.8 Å². The summed E-state index contributed by atoms with van der Waals surface area (Å²) >= 11 is 12.2. The highest BCUT2D eigenvalue weighted by atomic mass is 35.5. The molecule has 0 heterocycles. The molecule has 0 radical (unpaired) electrons. The standard InChI is InChI=1S/C30H31Cl2NO2/c1-20(28(22-13-17-27(32)18-14-22)19-21-7-15-26(31)16-8-21)33-30(35)25-11-9-24(10-12-25)29(34)23-5-3-2-4-6-23/h2-8,13-18,20,24-25,28H,9-12,19H2,1H3,(H,33,35)/t20?,24-,25-,28?. The van der Waals surface area contributed by atoms with Crippen LogP contribution in [-0.4, -0.2) is 17.7 Å². The zero-order valence-electron chi connectivity index (χ0n) is 19.9. The maximum atomic E-state index is 13.2. The quantitative estimate of drug-likeness (QED) is 0.320. The third kappa shape index (κ3) is 6.74. The third-order valence-corrected chi connectivity index (χ3v) is 7.67. The van der Waals surface area contributed by atoms with E-state index in [1.54, 1.807) is 0 Å². The van der Waals surface area contributed by atoms with Crippen molar-refractivity contribution in [2.45, 2.75) is 51.0 Å². The predicted octanol–water partition coefficient (Wildman–Crippen LogP) is 7.51. The Morgan fingerprint density at radius 2 is 1.34 bits per heavy atom.